The first-order valence-electron chi connectivity index (χ1n) is 20.6. The van der Waals surface area contributed by atoms with E-state index in [1.54, 1.807) is 0 Å². The van der Waals surface area contributed by atoms with Gasteiger partial charge in [-0.25, -0.2) is 4.98 Å². The van der Waals surface area contributed by atoms with E-state index in [0.29, 0.717) is 0 Å². The highest BCUT2D eigenvalue weighted by Crippen LogP contribution is 2.56. The molecule has 0 spiro atoms. The van der Waals surface area contributed by atoms with Gasteiger partial charge in [-0.2, -0.15) is 0 Å². The number of pyridine rings is 2. The molecule has 2 heterocycles. The Morgan fingerprint density at radius 1 is 0.373 bits per heavy atom. The van der Waals surface area contributed by atoms with Crippen molar-refractivity contribution in [3.8, 4) is 44.6 Å². The van der Waals surface area contributed by atoms with Gasteiger partial charge in [-0.05, 0) is 122 Å². The van der Waals surface area contributed by atoms with Gasteiger partial charge in [-0.15, -0.1) is 0 Å². The molecule has 0 saturated heterocycles. The summed E-state index contributed by atoms with van der Waals surface area (Å²) in [5.74, 6) is 0. The number of hydrogen-bond acceptors (Lipinski definition) is 2. The highest BCUT2D eigenvalue weighted by atomic mass is 14.8. The van der Waals surface area contributed by atoms with Gasteiger partial charge in [-0.3, -0.25) is 4.98 Å². The van der Waals surface area contributed by atoms with Crippen LogP contribution >= 0.6 is 0 Å². The second-order valence-electron chi connectivity index (χ2n) is 16.2. The maximum Gasteiger partial charge on any atom is 0.0975 e. The summed E-state index contributed by atoms with van der Waals surface area (Å²) in [5, 5.41) is 4.74. The summed E-state index contributed by atoms with van der Waals surface area (Å²) < 4.78 is 0. The van der Waals surface area contributed by atoms with Crippen molar-refractivity contribution in [2.75, 3.05) is 0 Å². The summed E-state index contributed by atoms with van der Waals surface area (Å²) in [7, 11) is 0. The Hall–Kier alpha value is -7.16. The summed E-state index contributed by atoms with van der Waals surface area (Å²) in [6.45, 7) is 8.73. The zero-order valence-electron chi connectivity index (χ0n) is 33.7. The third kappa shape index (κ3) is 5.19. The molecule has 0 fully saturated rings. The summed E-state index contributed by atoms with van der Waals surface area (Å²) in [6, 6.07) is 65.0. The first-order chi connectivity index (χ1) is 28.9. The Labute approximate surface area is 345 Å². The van der Waals surface area contributed by atoms with Crippen LogP contribution in [0, 0.1) is 27.7 Å². The van der Waals surface area contributed by atoms with Crippen LogP contribution in [0.25, 0.3) is 77.2 Å². The van der Waals surface area contributed by atoms with Gasteiger partial charge in [0.05, 0.1) is 22.1 Å². The van der Waals surface area contributed by atoms with E-state index in [-0.39, 0.29) is 0 Å². The SMILES string of the molecule is Cc1cnc2c(ccc3c(C)c(C)c(-c4ccc(-c5ccc(-c6ccc7c(c6)C(c6ccccc6)(c6ccccc6)c6ccccc6-7)cc5)c5ccccc45)nc32)c1C. The van der Waals surface area contributed by atoms with E-state index in [1.807, 2.05) is 6.20 Å². The fourth-order valence-electron chi connectivity index (χ4n) is 9.96. The minimum atomic E-state index is -0.427. The molecule has 2 heteroatoms. The van der Waals surface area contributed by atoms with Crippen molar-refractivity contribution in [1.82, 2.24) is 9.97 Å². The van der Waals surface area contributed by atoms with Gasteiger partial charge in [-0.1, -0.05) is 170 Å². The van der Waals surface area contributed by atoms with E-state index in [1.165, 1.54) is 94.0 Å². The lowest BCUT2D eigenvalue weighted by Gasteiger charge is -2.34. The van der Waals surface area contributed by atoms with Crippen molar-refractivity contribution in [2.45, 2.75) is 33.1 Å². The monoisotopic (exact) mass is 754 g/mol. The van der Waals surface area contributed by atoms with E-state index >= 15 is 0 Å². The van der Waals surface area contributed by atoms with E-state index in [9.17, 15) is 0 Å². The van der Waals surface area contributed by atoms with Crippen LogP contribution in [-0.4, -0.2) is 9.97 Å². The topological polar surface area (TPSA) is 25.8 Å². The molecular formula is C57H42N2. The average molecular weight is 755 g/mol. The maximum atomic E-state index is 5.43. The molecule has 10 aromatic rings. The molecule has 1 aliphatic rings. The van der Waals surface area contributed by atoms with Crippen molar-refractivity contribution in [1.29, 1.82) is 0 Å². The quantitative estimate of drug-likeness (QED) is 0.164. The molecule has 2 aromatic heterocycles. The molecule has 0 radical (unpaired) electrons. The number of aryl methyl sites for hydroxylation is 3. The largest absolute Gasteiger partial charge is 0.254 e. The fourth-order valence-corrected chi connectivity index (χ4v) is 9.96. The second kappa shape index (κ2) is 13.5. The number of benzene rings is 8. The lowest BCUT2D eigenvalue weighted by atomic mass is 9.67. The number of aromatic nitrogens is 2. The van der Waals surface area contributed by atoms with Crippen molar-refractivity contribution in [3.63, 3.8) is 0 Å². The van der Waals surface area contributed by atoms with Gasteiger partial charge in [0.15, 0.2) is 0 Å². The molecule has 1 aliphatic carbocycles. The standard InChI is InChI=1S/C57H42N2/c1-35-34-58-55-44(36(35)2)29-30-45-37(3)38(4)54(59-56(45)55)51-32-31-46(47-19-11-12-20-48(47)51)40-25-23-39(24-26-40)41-27-28-50-49-21-13-14-22-52(49)57(53(50)33-41,42-15-7-5-8-16-42)43-17-9-6-10-18-43/h5-34H,1-4H3. The predicted molar refractivity (Wildman–Crippen MR) is 247 cm³/mol. The van der Waals surface area contributed by atoms with E-state index in [0.717, 1.165) is 27.7 Å². The molecule has 8 aromatic carbocycles. The van der Waals surface area contributed by atoms with Gasteiger partial charge in [0, 0.05) is 22.5 Å². The normalized spacial score (nSPS) is 12.9. The molecular weight excluding hydrogens is 713 g/mol. The molecule has 0 amide bonds. The number of rotatable bonds is 5. The number of nitrogens with zero attached hydrogens (tertiary/aromatic N) is 2. The van der Waals surface area contributed by atoms with Crippen molar-refractivity contribution in [3.05, 3.63) is 227 Å². The van der Waals surface area contributed by atoms with Crippen molar-refractivity contribution in [2.24, 2.45) is 0 Å². The molecule has 0 unspecified atom stereocenters. The molecule has 0 bridgehead atoms. The van der Waals surface area contributed by atoms with Crippen LogP contribution in [0.1, 0.15) is 44.5 Å². The summed E-state index contributed by atoms with van der Waals surface area (Å²) >= 11 is 0. The Morgan fingerprint density at radius 2 is 0.915 bits per heavy atom. The third-order valence-corrected chi connectivity index (χ3v) is 13.2. The first-order valence-corrected chi connectivity index (χ1v) is 20.6. The molecule has 59 heavy (non-hydrogen) atoms. The summed E-state index contributed by atoms with van der Waals surface area (Å²) in [5.41, 5.74) is 21.2. The first kappa shape index (κ1) is 35.0. The van der Waals surface area contributed by atoms with Crippen LogP contribution in [0.15, 0.2) is 182 Å². The minimum Gasteiger partial charge on any atom is -0.254 e. The number of fused-ring (bicyclic) bond motifs is 7. The average Bonchev–Trinajstić information content (AvgIpc) is 3.59. The van der Waals surface area contributed by atoms with Crippen LogP contribution < -0.4 is 0 Å². The van der Waals surface area contributed by atoms with Crippen molar-refractivity contribution >= 4 is 32.6 Å². The van der Waals surface area contributed by atoms with Crippen LogP contribution in [-0.2, 0) is 5.41 Å². The zero-order valence-corrected chi connectivity index (χ0v) is 33.7. The van der Waals surface area contributed by atoms with Crippen LogP contribution in [0.2, 0.25) is 0 Å². The molecule has 280 valence electrons. The van der Waals surface area contributed by atoms with Crippen molar-refractivity contribution < 1.29 is 0 Å². The van der Waals surface area contributed by atoms with Crippen LogP contribution in [0.3, 0.4) is 0 Å². The van der Waals surface area contributed by atoms with Gasteiger partial charge >= 0.3 is 0 Å². The fraction of sp³-hybridized carbons (Fsp3) is 0.0877. The molecule has 11 rings (SSSR count). The summed E-state index contributed by atoms with van der Waals surface area (Å²) in [6.07, 6.45) is 1.98. The lowest BCUT2D eigenvalue weighted by Crippen LogP contribution is -2.28. The highest BCUT2D eigenvalue weighted by Gasteiger charge is 2.46. The Bertz CT molecular complexity index is 3250. The lowest BCUT2D eigenvalue weighted by molar-refractivity contribution is 0.769. The number of hydrogen-bond donors (Lipinski definition) is 0. The van der Waals surface area contributed by atoms with E-state index in [4.69, 9.17) is 9.97 Å². The van der Waals surface area contributed by atoms with E-state index < -0.39 is 5.41 Å². The molecule has 0 atom stereocenters. The third-order valence-electron chi connectivity index (χ3n) is 13.2. The van der Waals surface area contributed by atoms with Gasteiger partial charge < -0.3 is 0 Å². The zero-order chi connectivity index (χ0) is 39.8. The highest BCUT2D eigenvalue weighted by molar-refractivity contribution is 6.09. The predicted octanol–water partition coefficient (Wildman–Crippen LogP) is 14.5. The summed E-state index contributed by atoms with van der Waals surface area (Å²) in [4.78, 5) is 10.3. The molecule has 0 saturated carbocycles. The molecule has 0 aliphatic heterocycles. The minimum absolute atomic E-state index is 0.427. The maximum absolute atomic E-state index is 5.43. The Balaban J connectivity index is 1.02. The molecule has 2 nitrogen and oxygen atoms in total. The van der Waals surface area contributed by atoms with Gasteiger partial charge in [0.2, 0.25) is 0 Å². The molecule has 0 N–H and O–H groups in total. The van der Waals surface area contributed by atoms with Crippen LogP contribution in [0.5, 0.6) is 0 Å². The smallest absolute Gasteiger partial charge is 0.0975 e. The van der Waals surface area contributed by atoms with E-state index in [2.05, 4.69) is 204 Å². The second-order valence-corrected chi connectivity index (χ2v) is 16.2. The Morgan fingerprint density at radius 3 is 1.63 bits per heavy atom. The van der Waals surface area contributed by atoms with Crippen LogP contribution in [0.4, 0.5) is 0 Å². The van der Waals surface area contributed by atoms with Gasteiger partial charge in [0.1, 0.15) is 0 Å². The Kier molecular flexibility index (Phi) is 8.00. The van der Waals surface area contributed by atoms with Gasteiger partial charge in [0.25, 0.3) is 0 Å².